The first kappa shape index (κ1) is 13.5. The van der Waals surface area contributed by atoms with Crippen LogP contribution >= 0.6 is 0 Å². The minimum Gasteiger partial charge on any atom is -0.353 e. The molecule has 0 bridgehead atoms. The van der Waals surface area contributed by atoms with Crippen molar-refractivity contribution in [1.29, 1.82) is 0 Å². The summed E-state index contributed by atoms with van der Waals surface area (Å²) in [5, 5.41) is 2.75. The Morgan fingerprint density at radius 2 is 2.00 bits per heavy atom. The summed E-state index contributed by atoms with van der Waals surface area (Å²) in [4.78, 5) is 25.6. The molecule has 1 aliphatic heterocycles. The molecule has 1 aromatic rings. The van der Waals surface area contributed by atoms with Crippen molar-refractivity contribution in [3.63, 3.8) is 0 Å². The molecule has 2 amide bonds. The van der Waals surface area contributed by atoms with Gasteiger partial charge in [-0.1, -0.05) is 0 Å². The van der Waals surface area contributed by atoms with Crippen LogP contribution in [0.4, 0.5) is 10.1 Å². The molecule has 1 aromatic carbocycles. The van der Waals surface area contributed by atoms with Gasteiger partial charge in [-0.15, -0.1) is 0 Å². The lowest BCUT2D eigenvalue weighted by molar-refractivity contribution is -0.132. The molecule has 0 radical (unpaired) electrons. The summed E-state index contributed by atoms with van der Waals surface area (Å²) in [6.07, 6.45) is 0.495. The third-order valence-electron chi connectivity index (χ3n) is 3.09. The molecule has 1 saturated heterocycles. The van der Waals surface area contributed by atoms with E-state index < -0.39 is 5.92 Å². The van der Waals surface area contributed by atoms with Crippen LogP contribution in [0.15, 0.2) is 24.3 Å². The number of nitrogens with one attached hydrogen (secondary N) is 1. The van der Waals surface area contributed by atoms with Gasteiger partial charge in [0.2, 0.25) is 11.8 Å². The molecule has 1 heterocycles. The van der Waals surface area contributed by atoms with Gasteiger partial charge in [-0.2, -0.15) is 0 Å². The van der Waals surface area contributed by atoms with Crippen molar-refractivity contribution in [2.75, 3.05) is 11.4 Å². The van der Waals surface area contributed by atoms with Crippen LogP contribution in [-0.4, -0.2) is 24.4 Å². The Morgan fingerprint density at radius 1 is 1.37 bits per heavy atom. The average molecular weight is 264 g/mol. The Balaban J connectivity index is 2.09. The van der Waals surface area contributed by atoms with E-state index in [9.17, 15) is 14.0 Å². The van der Waals surface area contributed by atoms with Crippen LogP contribution in [0.2, 0.25) is 0 Å². The number of rotatable bonds is 3. The predicted molar refractivity (Wildman–Crippen MR) is 70.1 cm³/mol. The van der Waals surface area contributed by atoms with Crippen molar-refractivity contribution in [1.82, 2.24) is 5.32 Å². The van der Waals surface area contributed by atoms with Gasteiger partial charge in [-0.25, -0.2) is 4.39 Å². The molecule has 102 valence electrons. The van der Waals surface area contributed by atoms with Gasteiger partial charge in [-0.3, -0.25) is 9.59 Å². The Labute approximate surface area is 111 Å². The number of hydrogen-bond acceptors (Lipinski definition) is 2. The molecule has 19 heavy (non-hydrogen) atoms. The number of hydrogen-bond donors (Lipinski definition) is 1. The summed E-state index contributed by atoms with van der Waals surface area (Å²) < 4.78 is 12.9. The van der Waals surface area contributed by atoms with E-state index in [1.807, 2.05) is 13.8 Å². The second-order valence-corrected chi connectivity index (χ2v) is 4.97. The number of benzene rings is 1. The van der Waals surface area contributed by atoms with Crippen LogP contribution in [0.3, 0.4) is 0 Å². The van der Waals surface area contributed by atoms with Gasteiger partial charge >= 0.3 is 0 Å². The van der Waals surface area contributed by atoms with Gasteiger partial charge in [0, 0.05) is 18.3 Å². The fraction of sp³-hybridized carbons (Fsp3) is 0.429. The molecule has 0 spiro atoms. The van der Waals surface area contributed by atoms with Gasteiger partial charge < -0.3 is 10.2 Å². The lowest BCUT2D eigenvalue weighted by Crippen LogP contribution is -2.39. The normalized spacial score (nSPS) is 19.1. The Morgan fingerprint density at radius 3 is 2.58 bits per heavy atom. The van der Waals surface area contributed by atoms with Gasteiger partial charge in [0.25, 0.3) is 0 Å². The molecule has 1 fully saturated rings. The average Bonchev–Trinajstić information content (AvgIpc) is 2.71. The molecule has 1 atom stereocenters. The number of carbonyl (C=O) groups is 2. The summed E-state index contributed by atoms with van der Waals surface area (Å²) in [5.41, 5.74) is 0.631. The lowest BCUT2D eigenvalue weighted by Gasteiger charge is -2.17. The molecule has 5 heteroatoms. The third kappa shape index (κ3) is 2.92. The van der Waals surface area contributed by atoms with Crippen molar-refractivity contribution >= 4 is 17.5 Å². The third-order valence-corrected chi connectivity index (χ3v) is 3.09. The fourth-order valence-corrected chi connectivity index (χ4v) is 2.19. The highest BCUT2D eigenvalue weighted by atomic mass is 19.1. The standard InChI is InChI=1S/C14H17FN2O2/c1-9(2)16-13(18)12-7-8-17(14(12)19)11-5-3-10(15)4-6-11/h3-6,9,12H,7-8H2,1-2H3,(H,16,18)/t12-/m0/s1. The van der Waals surface area contributed by atoms with Crippen LogP contribution < -0.4 is 10.2 Å². The van der Waals surface area contributed by atoms with E-state index in [-0.39, 0.29) is 23.7 Å². The van der Waals surface area contributed by atoms with E-state index in [1.54, 1.807) is 12.1 Å². The molecule has 0 unspecified atom stereocenters. The number of carbonyl (C=O) groups excluding carboxylic acids is 2. The Kier molecular flexibility index (Phi) is 3.83. The number of anilines is 1. The van der Waals surface area contributed by atoms with Crippen LogP contribution in [0, 0.1) is 11.7 Å². The van der Waals surface area contributed by atoms with Gasteiger partial charge in [0.05, 0.1) is 0 Å². The maximum absolute atomic E-state index is 12.9. The Bertz CT molecular complexity index is 485. The number of halogens is 1. The minimum atomic E-state index is -0.632. The molecular weight excluding hydrogens is 247 g/mol. The maximum Gasteiger partial charge on any atom is 0.239 e. The van der Waals surface area contributed by atoms with E-state index in [1.165, 1.54) is 17.0 Å². The SMILES string of the molecule is CC(C)NC(=O)[C@@H]1CCN(c2ccc(F)cc2)C1=O. The molecule has 4 nitrogen and oxygen atoms in total. The molecule has 0 aliphatic carbocycles. The largest absolute Gasteiger partial charge is 0.353 e. The molecule has 1 aliphatic rings. The van der Waals surface area contributed by atoms with Crippen molar-refractivity contribution < 1.29 is 14.0 Å². The van der Waals surface area contributed by atoms with Crippen molar-refractivity contribution in [2.24, 2.45) is 5.92 Å². The van der Waals surface area contributed by atoms with Crippen molar-refractivity contribution in [2.45, 2.75) is 26.3 Å². The van der Waals surface area contributed by atoms with E-state index in [4.69, 9.17) is 0 Å². The maximum atomic E-state index is 12.9. The Hall–Kier alpha value is -1.91. The highest BCUT2D eigenvalue weighted by molar-refractivity contribution is 6.09. The van der Waals surface area contributed by atoms with E-state index in [0.717, 1.165) is 0 Å². The monoisotopic (exact) mass is 264 g/mol. The second-order valence-electron chi connectivity index (χ2n) is 4.97. The number of amides is 2. The van der Waals surface area contributed by atoms with E-state index in [0.29, 0.717) is 18.7 Å². The van der Waals surface area contributed by atoms with E-state index >= 15 is 0 Å². The number of nitrogens with zero attached hydrogens (tertiary/aromatic N) is 1. The zero-order chi connectivity index (χ0) is 14.0. The predicted octanol–water partition coefficient (Wildman–Crippen LogP) is 1.70. The first-order valence-corrected chi connectivity index (χ1v) is 6.36. The quantitative estimate of drug-likeness (QED) is 0.845. The lowest BCUT2D eigenvalue weighted by atomic mass is 10.1. The van der Waals surface area contributed by atoms with Gasteiger partial charge in [0.15, 0.2) is 0 Å². The van der Waals surface area contributed by atoms with Crippen molar-refractivity contribution in [3.05, 3.63) is 30.1 Å². The zero-order valence-electron chi connectivity index (χ0n) is 11.0. The highest BCUT2D eigenvalue weighted by Gasteiger charge is 2.37. The summed E-state index contributed by atoms with van der Waals surface area (Å²) in [6.45, 7) is 4.20. The second kappa shape index (κ2) is 5.38. The molecule has 1 N–H and O–H groups in total. The topological polar surface area (TPSA) is 49.4 Å². The van der Waals surface area contributed by atoms with Crippen LogP contribution in [0.5, 0.6) is 0 Å². The minimum absolute atomic E-state index is 0.0140. The van der Waals surface area contributed by atoms with Crippen molar-refractivity contribution in [3.8, 4) is 0 Å². The summed E-state index contributed by atoms with van der Waals surface area (Å²) >= 11 is 0. The highest BCUT2D eigenvalue weighted by Crippen LogP contribution is 2.25. The first-order chi connectivity index (χ1) is 8.99. The molecular formula is C14H17FN2O2. The molecule has 0 aromatic heterocycles. The molecule has 0 saturated carbocycles. The zero-order valence-corrected chi connectivity index (χ0v) is 11.0. The molecule has 2 rings (SSSR count). The summed E-state index contributed by atoms with van der Waals surface area (Å²) in [7, 11) is 0. The van der Waals surface area contributed by atoms with Gasteiger partial charge in [-0.05, 0) is 44.5 Å². The summed E-state index contributed by atoms with van der Waals surface area (Å²) in [5.74, 6) is -1.42. The first-order valence-electron chi connectivity index (χ1n) is 6.36. The van der Waals surface area contributed by atoms with Crippen LogP contribution in [-0.2, 0) is 9.59 Å². The smallest absolute Gasteiger partial charge is 0.239 e. The van der Waals surface area contributed by atoms with Gasteiger partial charge in [0.1, 0.15) is 11.7 Å². The van der Waals surface area contributed by atoms with E-state index in [2.05, 4.69) is 5.32 Å². The fourth-order valence-electron chi connectivity index (χ4n) is 2.19. The van der Waals surface area contributed by atoms with Crippen LogP contribution in [0.25, 0.3) is 0 Å². The van der Waals surface area contributed by atoms with Crippen LogP contribution in [0.1, 0.15) is 20.3 Å². The summed E-state index contributed by atoms with van der Waals surface area (Å²) in [6, 6.07) is 5.74.